The lowest BCUT2D eigenvalue weighted by Gasteiger charge is -2.31. The van der Waals surface area contributed by atoms with E-state index in [1.165, 1.54) is 11.4 Å². The summed E-state index contributed by atoms with van der Waals surface area (Å²) in [5.41, 5.74) is 3.53. The molecule has 0 saturated heterocycles. The van der Waals surface area contributed by atoms with Crippen molar-refractivity contribution in [2.75, 3.05) is 16.9 Å². The largest absolute Gasteiger partial charge is 0.496 e. The Morgan fingerprint density at radius 2 is 1.62 bits per heavy atom. The monoisotopic (exact) mass is 280 g/mol. The Labute approximate surface area is 126 Å². The van der Waals surface area contributed by atoms with Gasteiger partial charge in [0.05, 0.1) is 7.11 Å². The molecule has 0 radical (unpaired) electrons. The topological polar surface area (TPSA) is 15.7 Å². The van der Waals surface area contributed by atoms with Crippen LogP contribution in [0.2, 0.25) is 0 Å². The van der Waals surface area contributed by atoms with Crippen molar-refractivity contribution in [3.8, 4) is 5.75 Å². The van der Waals surface area contributed by atoms with E-state index in [1.54, 1.807) is 7.11 Å². The first kappa shape index (κ1) is 13.6. The van der Waals surface area contributed by atoms with Crippen LogP contribution in [0, 0.1) is 6.92 Å². The standard InChI is InChI=1S/C18H20N2O/c1-14-17(10-7-11-18(14)21-3)20-13-12-19(15(20)2)16-8-5-4-6-9-16/h4-13,15H,1-3H3/t15-/m1/s1. The van der Waals surface area contributed by atoms with Gasteiger partial charge in [-0.1, -0.05) is 24.3 Å². The second kappa shape index (κ2) is 5.52. The second-order valence-electron chi connectivity index (χ2n) is 5.18. The molecule has 0 N–H and O–H groups in total. The minimum absolute atomic E-state index is 0.234. The van der Waals surface area contributed by atoms with Crippen LogP contribution in [0.4, 0.5) is 11.4 Å². The van der Waals surface area contributed by atoms with Crippen LogP contribution in [-0.2, 0) is 0 Å². The quantitative estimate of drug-likeness (QED) is 0.840. The molecule has 3 nitrogen and oxygen atoms in total. The highest BCUT2D eigenvalue weighted by atomic mass is 16.5. The van der Waals surface area contributed by atoms with Gasteiger partial charge in [0, 0.05) is 29.3 Å². The molecular weight excluding hydrogens is 260 g/mol. The average Bonchev–Trinajstić information content (AvgIpc) is 2.90. The molecule has 2 aromatic carbocycles. The van der Waals surface area contributed by atoms with Gasteiger partial charge in [0.2, 0.25) is 0 Å². The Kier molecular flexibility index (Phi) is 3.57. The molecule has 0 bridgehead atoms. The third-order valence-electron chi connectivity index (χ3n) is 4.00. The highest BCUT2D eigenvalue weighted by molar-refractivity contribution is 5.65. The number of para-hydroxylation sites is 1. The molecule has 108 valence electrons. The Morgan fingerprint density at radius 3 is 2.33 bits per heavy atom. The van der Waals surface area contributed by atoms with Crippen molar-refractivity contribution >= 4 is 11.4 Å². The van der Waals surface area contributed by atoms with Crippen molar-refractivity contribution in [2.45, 2.75) is 20.0 Å². The Bertz CT molecular complexity index is 652. The summed E-state index contributed by atoms with van der Waals surface area (Å²) in [7, 11) is 1.71. The summed E-state index contributed by atoms with van der Waals surface area (Å²) in [6.07, 6.45) is 4.48. The maximum absolute atomic E-state index is 5.43. The third-order valence-corrected chi connectivity index (χ3v) is 4.00. The first-order valence-corrected chi connectivity index (χ1v) is 7.16. The van der Waals surface area contributed by atoms with E-state index in [4.69, 9.17) is 4.74 Å². The number of hydrogen-bond donors (Lipinski definition) is 0. The molecule has 0 amide bonds. The molecule has 1 atom stereocenters. The van der Waals surface area contributed by atoms with Crippen LogP contribution in [0.3, 0.4) is 0 Å². The van der Waals surface area contributed by atoms with Gasteiger partial charge in [0.25, 0.3) is 0 Å². The SMILES string of the molecule is COc1cccc(N2C=CN(c3ccccc3)[C@H]2C)c1C. The van der Waals surface area contributed by atoms with Crippen LogP contribution in [0.5, 0.6) is 5.75 Å². The molecule has 0 aliphatic carbocycles. The van der Waals surface area contributed by atoms with Gasteiger partial charge < -0.3 is 14.5 Å². The number of rotatable bonds is 3. The van der Waals surface area contributed by atoms with E-state index in [0.717, 1.165) is 11.3 Å². The predicted molar refractivity (Wildman–Crippen MR) is 87.7 cm³/mol. The van der Waals surface area contributed by atoms with Crippen LogP contribution in [0.25, 0.3) is 0 Å². The molecule has 0 fully saturated rings. The minimum atomic E-state index is 0.234. The van der Waals surface area contributed by atoms with Gasteiger partial charge >= 0.3 is 0 Å². The molecule has 21 heavy (non-hydrogen) atoms. The zero-order valence-electron chi connectivity index (χ0n) is 12.7. The molecular formula is C18H20N2O. The smallest absolute Gasteiger partial charge is 0.123 e. The van der Waals surface area contributed by atoms with Crippen molar-refractivity contribution in [2.24, 2.45) is 0 Å². The van der Waals surface area contributed by atoms with E-state index in [0.29, 0.717) is 0 Å². The Morgan fingerprint density at radius 1 is 0.905 bits per heavy atom. The summed E-state index contributed by atoms with van der Waals surface area (Å²) >= 11 is 0. The number of hydrogen-bond acceptors (Lipinski definition) is 3. The summed E-state index contributed by atoms with van der Waals surface area (Å²) in [5.74, 6) is 0.922. The molecule has 1 aliphatic heterocycles. The fraction of sp³-hybridized carbons (Fsp3) is 0.222. The van der Waals surface area contributed by atoms with Crippen molar-refractivity contribution in [3.05, 3.63) is 66.5 Å². The summed E-state index contributed by atoms with van der Waals surface area (Å²) in [4.78, 5) is 4.53. The van der Waals surface area contributed by atoms with Crippen molar-refractivity contribution in [1.29, 1.82) is 0 Å². The lowest BCUT2D eigenvalue weighted by molar-refractivity contribution is 0.411. The van der Waals surface area contributed by atoms with Gasteiger partial charge in [0.1, 0.15) is 11.9 Å². The van der Waals surface area contributed by atoms with E-state index in [2.05, 4.69) is 66.4 Å². The van der Waals surface area contributed by atoms with E-state index in [1.807, 2.05) is 18.2 Å². The fourth-order valence-corrected chi connectivity index (χ4v) is 2.81. The van der Waals surface area contributed by atoms with Crippen LogP contribution < -0.4 is 14.5 Å². The van der Waals surface area contributed by atoms with Crippen LogP contribution in [0.1, 0.15) is 12.5 Å². The molecule has 3 rings (SSSR count). The number of methoxy groups -OCH3 is 1. The van der Waals surface area contributed by atoms with E-state index >= 15 is 0 Å². The average molecular weight is 280 g/mol. The molecule has 3 heteroatoms. The normalized spacial score (nSPS) is 17.4. The van der Waals surface area contributed by atoms with Crippen molar-refractivity contribution in [1.82, 2.24) is 0 Å². The molecule has 1 heterocycles. The first-order chi connectivity index (χ1) is 10.2. The Balaban J connectivity index is 1.91. The van der Waals surface area contributed by atoms with E-state index in [-0.39, 0.29) is 6.17 Å². The molecule has 0 saturated carbocycles. The van der Waals surface area contributed by atoms with E-state index < -0.39 is 0 Å². The van der Waals surface area contributed by atoms with E-state index in [9.17, 15) is 0 Å². The summed E-state index contributed by atoms with van der Waals surface area (Å²) in [6, 6.07) is 16.6. The number of nitrogens with zero attached hydrogens (tertiary/aromatic N) is 2. The predicted octanol–water partition coefficient (Wildman–Crippen LogP) is 4.15. The number of ether oxygens (including phenoxy) is 1. The second-order valence-corrected chi connectivity index (χ2v) is 5.18. The van der Waals surface area contributed by atoms with Gasteiger partial charge in [-0.05, 0) is 38.1 Å². The van der Waals surface area contributed by atoms with Crippen LogP contribution in [0.15, 0.2) is 60.9 Å². The molecule has 0 unspecified atom stereocenters. The fourth-order valence-electron chi connectivity index (χ4n) is 2.81. The number of benzene rings is 2. The van der Waals surface area contributed by atoms with Gasteiger partial charge in [-0.25, -0.2) is 0 Å². The Hall–Kier alpha value is -2.42. The van der Waals surface area contributed by atoms with Crippen molar-refractivity contribution in [3.63, 3.8) is 0 Å². The highest BCUT2D eigenvalue weighted by Gasteiger charge is 2.25. The zero-order chi connectivity index (χ0) is 14.8. The molecule has 1 aliphatic rings. The summed E-state index contributed by atoms with van der Waals surface area (Å²) in [5, 5.41) is 0. The van der Waals surface area contributed by atoms with Gasteiger partial charge in [-0.2, -0.15) is 0 Å². The van der Waals surface area contributed by atoms with Crippen LogP contribution >= 0.6 is 0 Å². The van der Waals surface area contributed by atoms with Gasteiger partial charge in [0.15, 0.2) is 0 Å². The summed E-state index contributed by atoms with van der Waals surface area (Å²) < 4.78 is 5.43. The maximum atomic E-state index is 5.43. The van der Waals surface area contributed by atoms with Crippen molar-refractivity contribution < 1.29 is 4.74 Å². The molecule has 0 aromatic heterocycles. The first-order valence-electron chi connectivity index (χ1n) is 7.16. The lowest BCUT2D eigenvalue weighted by Crippen LogP contribution is -2.36. The summed E-state index contributed by atoms with van der Waals surface area (Å²) in [6.45, 7) is 4.30. The highest BCUT2D eigenvalue weighted by Crippen LogP contribution is 2.34. The van der Waals surface area contributed by atoms with Crippen LogP contribution in [-0.4, -0.2) is 13.3 Å². The third kappa shape index (κ3) is 2.35. The van der Waals surface area contributed by atoms with Gasteiger partial charge in [-0.15, -0.1) is 0 Å². The molecule has 0 spiro atoms. The molecule has 2 aromatic rings. The lowest BCUT2D eigenvalue weighted by atomic mass is 10.1. The maximum Gasteiger partial charge on any atom is 0.123 e. The van der Waals surface area contributed by atoms with Gasteiger partial charge in [-0.3, -0.25) is 0 Å². The minimum Gasteiger partial charge on any atom is -0.496 e. The zero-order valence-corrected chi connectivity index (χ0v) is 12.7. The number of anilines is 2.